The first-order valence-corrected chi connectivity index (χ1v) is 12.1. The van der Waals surface area contributed by atoms with E-state index in [4.69, 9.17) is 11.6 Å². The molecule has 5 nitrogen and oxygen atoms in total. The van der Waals surface area contributed by atoms with Crippen LogP contribution in [0.4, 0.5) is 4.39 Å². The molecule has 2 aromatic rings. The van der Waals surface area contributed by atoms with Crippen LogP contribution in [-0.4, -0.2) is 57.3 Å². The third kappa shape index (κ3) is 4.53. The Labute approximate surface area is 186 Å². The van der Waals surface area contributed by atoms with Gasteiger partial charge in [0.2, 0.25) is 0 Å². The number of carbonyl (C=O) groups is 1. The molecule has 4 rings (SSSR count). The Morgan fingerprint density at radius 3 is 2.57 bits per heavy atom. The summed E-state index contributed by atoms with van der Waals surface area (Å²) in [5, 5.41) is 7.95. The predicted molar refractivity (Wildman–Crippen MR) is 120 cm³/mol. The zero-order valence-electron chi connectivity index (χ0n) is 17.3. The maximum Gasteiger partial charge on any atom is 0.256 e. The van der Waals surface area contributed by atoms with E-state index in [1.807, 2.05) is 11.8 Å². The van der Waals surface area contributed by atoms with Crippen molar-refractivity contribution in [3.63, 3.8) is 0 Å². The van der Waals surface area contributed by atoms with Gasteiger partial charge in [0.15, 0.2) is 0 Å². The Balaban J connectivity index is 1.46. The van der Waals surface area contributed by atoms with Gasteiger partial charge in [-0.2, -0.15) is 16.9 Å². The first-order chi connectivity index (χ1) is 14.5. The third-order valence-electron chi connectivity index (χ3n) is 6.33. The van der Waals surface area contributed by atoms with Crippen LogP contribution in [0.2, 0.25) is 5.15 Å². The molecule has 0 atom stereocenters. The smallest absolute Gasteiger partial charge is 0.256 e. The number of thioether (sulfide) groups is 1. The number of aromatic nitrogens is 2. The van der Waals surface area contributed by atoms with Crippen molar-refractivity contribution >= 4 is 29.3 Å². The summed E-state index contributed by atoms with van der Waals surface area (Å²) < 4.78 is 14.8. The van der Waals surface area contributed by atoms with Crippen LogP contribution in [-0.2, 0) is 6.54 Å². The van der Waals surface area contributed by atoms with Gasteiger partial charge < -0.3 is 5.32 Å². The van der Waals surface area contributed by atoms with Crippen LogP contribution in [0.3, 0.4) is 0 Å². The van der Waals surface area contributed by atoms with E-state index < -0.39 is 0 Å². The average Bonchev–Trinajstić information content (AvgIpc) is 3.34. The predicted octanol–water partition coefficient (Wildman–Crippen LogP) is 4.12. The van der Waals surface area contributed by atoms with Gasteiger partial charge in [-0.1, -0.05) is 36.6 Å². The molecule has 1 N–H and O–H groups in total. The van der Waals surface area contributed by atoms with Gasteiger partial charge in [0.1, 0.15) is 11.0 Å². The van der Waals surface area contributed by atoms with Gasteiger partial charge in [0.05, 0.1) is 17.8 Å². The monoisotopic (exact) mass is 450 g/mol. The molecule has 2 aliphatic rings. The van der Waals surface area contributed by atoms with E-state index in [9.17, 15) is 9.18 Å². The second-order valence-corrected chi connectivity index (χ2v) is 9.83. The minimum Gasteiger partial charge on any atom is -0.350 e. The van der Waals surface area contributed by atoms with Crippen molar-refractivity contribution in [2.75, 3.05) is 31.1 Å². The Kier molecular flexibility index (Phi) is 6.70. The fourth-order valence-corrected chi connectivity index (χ4v) is 5.91. The lowest BCUT2D eigenvalue weighted by atomic mass is 9.94. The SMILES string of the molecule is Cc1nn(Cc2ccc(F)cc2)c(Cl)c1C(=O)NCC1(N2CCSCC2)CCCC1. The van der Waals surface area contributed by atoms with E-state index in [0.717, 1.165) is 43.0 Å². The van der Waals surface area contributed by atoms with Crippen LogP contribution in [0.25, 0.3) is 0 Å². The highest BCUT2D eigenvalue weighted by atomic mass is 35.5. The Morgan fingerprint density at radius 1 is 1.23 bits per heavy atom. The lowest BCUT2D eigenvalue weighted by Crippen LogP contribution is -2.56. The molecule has 2 fully saturated rings. The molecule has 0 unspecified atom stereocenters. The highest BCUT2D eigenvalue weighted by Gasteiger charge is 2.40. The summed E-state index contributed by atoms with van der Waals surface area (Å²) in [5.74, 6) is 1.88. The molecule has 0 bridgehead atoms. The number of hydrogen-bond acceptors (Lipinski definition) is 4. The molecular formula is C22H28ClFN4OS. The van der Waals surface area contributed by atoms with Gasteiger partial charge in [-0.15, -0.1) is 0 Å². The molecule has 8 heteroatoms. The fraction of sp³-hybridized carbons (Fsp3) is 0.545. The number of carbonyl (C=O) groups excluding carboxylic acids is 1. The van der Waals surface area contributed by atoms with E-state index in [0.29, 0.717) is 29.5 Å². The summed E-state index contributed by atoms with van der Waals surface area (Å²) in [4.78, 5) is 15.6. The highest BCUT2D eigenvalue weighted by molar-refractivity contribution is 7.99. The summed E-state index contributed by atoms with van der Waals surface area (Å²) >= 11 is 8.54. The molecule has 30 heavy (non-hydrogen) atoms. The van der Waals surface area contributed by atoms with Crippen molar-refractivity contribution in [2.24, 2.45) is 0 Å². The van der Waals surface area contributed by atoms with E-state index in [1.54, 1.807) is 23.7 Å². The summed E-state index contributed by atoms with van der Waals surface area (Å²) in [6, 6.07) is 6.22. The molecule has 1 aromatic carbocycles. The van der Waals surface area contributed by atoms with Crippen LogP contribution < -0.4 is 5.32 Å². The van der Waals surface area contributed by atoms with Crippen LogP contribution in [0.5, 0.6) is 0 Å². The molecule has 1 aromatic heterocycles. The molecular weight excluding hydrogens is 423 g/mol. The maximum absolute atomic E-state index is 13.2. The number of nitrogens with one attached hydrogen (secondary N) is 1. The molecule has 1 saturated heterocycles. The van der Waals surface area contributed by atoms with Crippen molar-refractivity contribution in [2.45, 2.75) is 44.7 Å². The lowest BCUT2D eigenvalue weighted by Gasteiger charge is -2.43. The number of rotatable bonds is 6. The minimum atomic E-state index is -0.283. The largest absolute Gasteiger partial charge is 0.350 e. The van der Waals surface area contributed by atoms with Gasteiger partial charge in [0.25, 0.3) is 5.91 Å². The maximum atomic E-state index is 13.2. The van der Waals surface area contributed by atoms with Gasteiger partial charge in [0, 0.05) is 36.7 Å². The minimum absolute atomic E-state index is 0.0706. The van der Waals surface area contributed by atoms with Gasteiger partial charge >= 0.3 is 0 Å². The number of amides is 1. The second-order valence-electron chi connectivity index (χ2n) is 8.25. The Bertz CT molecular complexity index is 889. The first-order valence-electron chi connectivity index (χ1n) is 10.6. The van der Waals surface area contributed by atoms with Crippen LogP contribution in [0.15, 0.2) is 24.3 Å². The first kappa shape index (κ1) is 21.7. The summed E-state index contributed by atoms with van der Waals surface area (Å²) in [6.45, 7) is 5.03. The van der Waals surface area contributed by atoms with E-state index in [2.05, 4.69) is 15.3 Å². The molecule has 162 valence electrons. The average molecular weight is 451 g/mol. The van der Waals surface area contributed by atoms with Gasteiger partial charge in [-0.25, -0.2) is 9.07 Å². The van der Waals surface area contributed by atoms with Crippen molar-refractivity contribution in [3.05, 3.63) is 52.1 Å². The van der Waals surface area contributed by atoms with E-state index in [1.165, 1.54) is 25.0 Å². The molecule has 0 radical (unpaired) electrons. The quantitative estimate of drug-likeness (QED) is 0.719. The standard InChI is InChI=1S/C22H28ClFN4OS/c1-16-19(20(23)28(26-16)14-17-4-6-18(24)7-5-17)21(29)25-15-22(8-2-3-9-22)27-10-12-30-13-11-27/h4-7H,2-3,8-15H2,1H3,(H,25,29). The van der Waals surface area contributed by atoms with Crippen LogP contribution in [0, 0.1) is 12.7 Å². The zero-order valence-corrected chi connectivity index (χ0v) is 18.9. The van der Waals surface area contributed by atoms with Crippen molar-refractivity contribution in [1.82, 2.24) is 20.0 Å². The molecule has 1 aliphatic heterocycles. The van der Waals surface area contributed by atoms with E-state index >= 15 is 0 Å². The molecule has 1 aliphatic carbocycles. The number of hydrogen-bond donors (Lipinski definition) is 1. The lowest BCUT2D eigenvalue weighted by molar-refractivity contribution is 0.0817. The zero-order chi connectivity index (χ0) is 21.1. The third-order valence-corrected chi connectivity index (χ3v) is 7.66. The second kappa shape index (κ2) is 9.28. The van der Waals surface area contributed by atoms with Crippen molar-refractivity contribution < 1.29 is 9.18 Å². The van der Waals surface area contributed by atoms with Gasteiger partial charge in [-0.05, 0) is 37.5 Å². The highest BCUT2D eigenvalue weighted by Crippen LogP contribution is 2.36. The topological polar surface area (TPSA) is 50.2 Å². The number of benzene rings is 1. The van der Waals surface area contributed by atoms with Gasteiger partial charge in [-0.3, -0.25) is 9.69 Å². The number of aryl methyl sites for hydroxylation is 1. The summed E-state index contributed by atoms with van der Waals surface area (Å²) in [6.07, 6.45) is 4.70. The Morgan fingerprint density at radius 2 is 1.90 bits per heavy atom. The summed E-state index contributed by atoms with van der Waals surface area (Å²) in [5.41, 5.74) is 1.98. The van der Waals surface area contributed by atoms with Crippen molar-refractivity contribution in [3.8, 4) is 0 Å². The van der Waals surface area contributed by atoms with Crippen LogP contribution >= 0.6 is 23.4 Å². The number of nitrogens with zero attached hydrogens (tertiary/aromatic N) is 3. The Hall–Kier alpha value is -1.57. The molecule has 0 spiro atoms. The fourth-order valence-electron chi connectivity index (χ4n) is 4.69. The molecule has 1 amide bonds. The van der Waals surface area contributed by atoms with E-state index in [-0.39, 0.29) is 17.3 Å². The van der Waals surface area contributed by atoms with Crippen LogP contribution in [0.1, 0.15) is 47.3 Å². The van der Waals surface area contributed by atoms with Crippen molar-refractivity contribution in [1.29, 1.82) is 0 Å². The normalized spacial score (nSPS) is 19.2. The molecule has 2 heterocycles. The summed E-state index contributed by atoms with van der Waals surface area (Å²) in [7, 11) is 0. The molecule has 1 saturated carbocycles. The number of halogens is 2.